The molecule has 2 aliphatic rings. The lowest BCUT2D eigenvalue weighted by molar-refractivity contribution is -0.0361. The van der Waals surface area contributed by atoms with Crippen molar-refractivity contribution in [3.63, 3.8) is 0 Å². The minimum absolute atomic E-state index is 0.0739. The molecule has 0 bridgehead atoms. The van der Waals surface area contributed by atoms with Gasteiger partial charge in [0, 0.05) is 19.6 Å². The standard InChI is InChI=1S/C16H22N2O4S/c1-12(2)9-17-7-8-22-13(10-17)11-18-16(19)14-5-3-4-6-15(14)23(18,20)21/h3-6,12-13H,7-11H2,1-2H3/t13-/m1/s1. The molecule has 6 nitrogen and oxygen atoms in total. The van der Waals surface area contributed by atoms with Crippen LogP contribution in [0.3, 0.4) is 0 Å². The molecule has 0 radical (unpaired) electrons. The number of carbonyl (C=O) groups is 1. The molecule has 1 aromatic rings. The molecule has 0 aliphatic carbocycles. The van der Waals surface area contributed by atoms with E-state index >= 15 is 0 Å². The lowest BCUT2D eigenvalue weighted by atomic mass is 10.1. The van der Waals surface area contributed by atoms with Gasteiger partial charge in [0.2, 0.25) is 0 Å². The first kappa shape index (κ1) is 16.4. The Kier molecular flexibility index (Phi) is 4.44. The van der Waals surface area contributed by atoms with Gasteiger partial charge in [-0.3, -0.25) is 9.69 Å². The van der Waals surface area contributed by atoms with Gasteiger partial charge >= 0.3 is 0 Å². The SMILES string of the molecule is CC(C)CN1CCO[C@@H](CN2C(=O)c3ccccc3S2(=O)=O)C1. The smallest absolute Gasteiger partial charge is 0.269 e. The van der Waals surface area contributed by atoms with E-state index in [1.54, 1.807) is 18.2 Å². The van der Waals surface area contributed by atoms with Crippen LogP contribution in [0, 0.1) is 5.92 Å². The van der Waals surface area contributed by atoms with Crippen molar-refractivity contribution < 1.29 is 17.9 Å². The summed E-state index contributed by atoms with van der Waals surface area (Å²) in [7, 11) is -3.75. The van der Waals surface area contributed by atoms with Gasteiger partial charge in [-0.2, -0.15) is 0 Å². The van der Waals surface area contributed by atoms with Gasteiger partial charge in [-0.15, -0.1) is 0 Å². The predicted octanol–water partition coefficient (Wildman–Crippen LogP) is 1.19. The third-order valence-corrected chi connectivity index (χ3v) is 5.93. The number of sulfonamides is 1. The van der Waals surface area contributed by atoms with Crippen molar-refractivity contribution in [3.05, 3.63) is 29.8 Å². The van der Waals surface area contributed by atoms with Crippen LogP contribution in [-0.2, 0) is 14.8 Å². The van der Waals surface area contributed by atoms with Crippen molar-refractivity contribution in [2.75, 3.05) is 32.8 Å². The van der Waals surface area contributed by atoms with Gasteiger partial charge in [0.05, 0.1) is 24.8 Å². The highest BCUT2D eigenvalue weighted by Gasteiger charge is 2.42. The molecular formula is C16H22N2O4S. The Morgan fingerprint density at radius 1 is 1.30 bits per heavy atom. The molecule has 3 rings (SSSR count). The Bertz CT molecular complexity index is 702. The Morgan fingerprint density at radius 2 is 2.04 bits per heavy atom. The number of hydrogen-bond acceptors (Lipinski definition) is 5. The maximum Gasteiger partial charge on any atom is 0.269 e. The molecule has 1 fully saturated rings. The van der Waals surface area contributed by atoms with E-state index in [1.807, 2.05) is 0 Å². The Labute approximate surface area is 137 Å². The van der Waals surface area contributed by atoms with Gasteiger partial charge in [0.25, 0.3) is 15.9 Å². The van der Waals surface area contributed by atoms with Crippen LogP contribution < -0.4 is 0 Å². The third kappa shape index (κ3) is 3.13. The zero-order valence-corrected chi connectivity index (χ0v) is 14.3. The average molecular weight is 338 g/mol. The van der Waals surface area contributed by atoms with E-state index in [2.05, 4.69) is 18.7 Å². The first-order valence-corrected chi connectivity index (χ1v) is 9.33. The van der Waals surface area contributed by atoms with E-state index in [9.17, 15) is 13.2 Å². The molecule has 1 aromatic carbocycles. The molecule has 2 aliphatic heterocycles. The number of amides is 1. The monoisotopic (exact) mass is 338 g/mol. The van der Waals surface area contributed by atoms with E-state index in [0.29, 0.717) is 19.1 Å². The van der Waals surface area contributed by atoms with E-state index in [-0.39, 0.29) is 23.1 Å². The summed E-state index contributed by atoms with van der Waals surface area (Å²) in [5.74, 6) is 0.0836. The fourth-order valence-corrected chi connectivity index (χ4v) is 4.77. The Morgan fingerprint density at radius 3 is 2.74 bits per heavy atom. The quantitative estimate of drug-likeness (QED) is 0.825. The van der Waals surface area contributed by atoms with E-state index < -0.39 is 15.9 Å². The molecule has 126 valence electrons. The second-order valence-corrected chi connectivity index (χ2v) is 8.31. The van der Waals surface area contributed by atoms with Crippen LogP contribution in [-0.4, -0.2) is 62.4 Å². The van der Waals surface area contributed by atoms with Crippen molar-refractivity contribution in [1.82, 2.24) is 9.21 Å². The first-order valence-electron chi connectivity index (χ1n) is 7.89. The summed E-state index contributed by atoms with van der Waals surface area (Å²) in [5.41, 5.74) is 0.252. The number of benzene rings is 1. The number of hydrogen-bond donors (Lipinski definition) is 0. The van der Waals surface area contributed by atoms with Gasteiger partial charge in [0.15, 0.2) is 0 Å². The Hall–Kier alpha value is -1.44. The number of ether oxygens (including phenoxy) is 1. The van der Waals surface area contributed by atoms with E-state index in [0.717, 1.165) is 17.4 Å². The molecule has 1 atom stereocenters. The lowest BCUT2D eigenvalue weighted by Crippen LogP contribution is -2.49. The fraction of sp³-hybridized carbons (Fsp3) is 0.562. The molecule has 2 heterocycles. The van der Waals surface area contributed by atoms with Crippen LogP contribution in [0.15, 0.2) is 29.2 Å². The second-order valence-electron chi connectivity index (χ2n) is 6.48. The minimum Gasteiger partial charge on any atom is -0.374 e. The van der Waals surface area contributed by atoms with Crippen molar-refractivity contribution in [2.45, 2.75) is 24.8 Å². The van der Waals surface area contributed by atoms with Gasteiger partial charge in [-0.25, -0.2) is 12.7 Å². The summed E-state index contributed by atoms with van der Waals surface area (Å²) < 4.78 is 31.8. The van der Waals surface area contributed by atoms with Crippen molar-refractivity contribution in [2.24, 2.45) is 5.92 Å². The van der Waals surface area contributed by atoms with Crippen LogP contribution in [0.1, 0.15) is 24.2 Å². The van der Waals surface area contributed by atoms with Crippen molar-refractivity contribution in [1.29, 1.82) is 0 Å². The van der Waals surface area contributed by atoms with Crippen LogP contribution in [0.2, 0.25) is 0 Å². The number of carbonyl (C=O) groups excluding carboxylic acids is 1. The molecule has 23 heavy (non-hydrogen) atoms. The van der Waals surface area contributed by atoms with Crippen LogP contribution in [0.5, 0.6) is 0 Å². The van der Waals surface area contributed by atoms with Crippen LogP contribution >= 0.6 is 0 Å². The van der Waals surface area contributed by atoms with Crippen LogP contribution in [0.25, 0.3) is 0 Å². The maximum atomic E-state index is 12.6. The molecule has 1 saturated heterocycles. The number of rotatable bonds is 4. The molecule has 0 N–H and O–H groups in total. The lowest BCUT2D eigenvalue weighted by Gasteiger charge is -2.35. The number of fused-ring (bicyclic) bond motifs is 1. The molecule has 0 aromatic heterocycles. The molecular weight excluding hydrogens is 316 g/mol. The highest BCUT2D eigenvalue weighted by molar-refractivity contribution is 7.90. The average Bonchev–Trinajstić information content (AvgIpc) is 2.69. The number of nitrogens with zero attached hydrogens (tertiary/aromatic N) is 2. The van der Waals surface area contributed by atoms with Gasteiger partial charge in [0.1, 0.15) is 4.90 Å². The highest BCUT2D eigenvalue weighted by Crippen LogP contribution is 2.30. The first-order chi connectivity index (χ1) is 10.9. The van der Waals surface area contributed by atoms with E-state index in [1.165, 1.54) is 6.07 Å². The van der Waals surface area contributed by atoms with Crippen LogP contribution in [0.4, 0.5) is 0 Å². The van der Waals surface area contributed by atoms with Gasteiger partial charge in [-0.1, -0.05) is 26.0 Å². The molecule has 0 unspecified atom stereocenters. The summed E-state index contributed by atoms with van der Waals surface area (Å²) in [4.78, 5) is 14.8. The van der Waals surface area contributed by atoms with Crippen molar-refractivity contribution >= 4 is 15.9 Å². The molecule has 0 saturated carbocycles. The Balaban J connectivity index is 1.75. The highest BCUT2D eigenvalue weighted by atomic mass is 32.2. The number of morpholine rings is 1. The molecule has 7 heteroatoms. The normalized spacial score (nSPS) is 24.2. The summed E-state index contributed by atoms with van der Waals surface area (Å²) in [6, 6.07) is 6.35. The maximum absolute atomic E-state index is 12.6. The topological polar surface area (TPSA) is 66.9 Å². The largest absolute Gasteiger partial charge is 0.374 e. The minimum atomic E-state index is -3.75. The fourth-order valence-electron chi connectivity index (χ4n) is 3.17. The zero-order chi connectivity index (χ0) is 16.6. The summed E-state index contributed by atoms with van der Waals surface area (Å²) >= 11 is 0. The second kappa shape index (κ2) is 6.22. The summed E-state index contributed by atoms with van der Waals surface area (Å²) in [6.07, 6.45) is -0.282. The van der Waals surface area contributed by atoms with E-state index in [4.69, 9.17) is 4.74 Å². The summed E-state index contributed by atoms with van der Waals surface area (Å²) in [6.45, 7) is 7.37. The zero-order valence-electron chi connectivity index (χ0n) is 13.4. The molecule has 0 spiro atoms. The van der Waals surface area contributed by atoms with Gasteiger partial charge < -0.3 is 4.74 Å². The summed E-state index contributed by atoms with van der Waals surface area (Å²) in [5, 5.41) is 0. The van der Waals surface area contributed by atoms with Crippen molar-refractivity contribution in [3.8, 4) is 0 Å². The predicted molar refractivity (Wildman–Crippen MR) is 85.7 cm³/mol. The molecule has 1 amide bonds. The van der Waals surface area contributed by atoms with Gasteiger partial charge in [-0.05, 0) is 18.1 Å². The third-order valence-electron chi connectivity index (χ3n) is 4.13.